The Labute approximate surface area is 158 Å². The molecule has 7 heteroatoms. The average molecular weight is 369 g/mol. The molecular weight excluding hydrogens is 342 g/mol. The Kier molecular flexibility index (Phi) is 3.88. The molecule has 1 N–H and O–H groups in total. The Balaban J connectivity index is 1.29. The topological polar surface area (TPSA) is 85.8 Å². The van der Waals surface area contributed by atoms with Gasteiger partial charge in [-0.1, -0.05) is 12.1 Å². The van der Waals surface area contributed by atoms with Crippen LogP contribution in [0, 0.1) is 17.3 Å². The van der Waals surface area contributed by atoms with Gasteiger partial charge in [0, 0.05) is 12.5 Å². The maximum Gasteiger partial charge on any atom is 0.220 e. The molecule has 0 aliphatic heterocycles. The summed E-state index contributed by atoms with van der Waals surface area (Å²) in [6, 6.07) is 1.92. The second-order valence-electron chi connectivity index (χ2n) is 9.12. The normalized spacial score (nSPS) is 34.1. The molecule has 2 heterocycles. The molecule has 0 spiro atoms. The summed E-state index contributed by atoms with van der Waals surface area (Å²) in [5, 5.41) is 11.5. The van der Waals surface area contributed by atoms with Crippen LogP contribution in [-0.2, 0) is 23.3 Å². The summed E-state index contributed by atoms with van der Waals surface area (Å²) in [6.45, 7) is 2.46. The molecule has 2 unspecified atom stereocenters. The lowest BCUT2D eigenvalue weighted by molar-refractivity contribution is -0.137. The Morgan fingerprint density at radius 2 is 2.15 bits per heavy atom. The summed E-state index contributed by atoms with van der Waals surface area (Å²) in [5.41, 5.74) is 1.10. The van der Waals surface area contributed by atoms with Crippen molar-refractivity contribution >= 4 is 5.91 Å². The van der Waals surface area contributed by atoms with E-state index in [9.17, 15) is 4.79 Å². The SMILES string of the molecule is CCc1cc(CNC(=O)CC23CC4CC(C2)CC(n2cncn2)(C4)C3)on1. The maximum absolute atomic E-state index is 12.8. The molecule has 0 radical (unpaired) electrons. The monoisotopic (exact) mass is 369 g/mol. The predicted molar refractivity (Wildman–Crippen MR) is 97.5 cm³/mol. The molecule has 2 aromatic rings. The second kappa shape index (κ2) is 6.17. The summed E-state index contributed by atoms with van der Waals surface area (Å²) in [7, 11) is 0. The highest BCUT2D eigenvalue weighted by molar-refractivity contribution is 5.76. The minimum atomic E-state index is 0.0713. The lowest BCUT2D eigenvalue weighted by Crippen LogP contribution is -2.57. The third-order valence-corrected chi connectivity index (χ3v) is 7.02. The van der Waals surface area contributed by atoms with Gasteiger partial charge in [0.2, 0.25) is 5.91 Å². The fourth-order valence-electron chi connectivity index (χ4n) is 6.52. The van der Waals surface area contributed by atoms with Gasteiger partial charge in [0.05, 0.1) is 17.8 Å². The zero-order valence-corrected chi connectivity index (χ0v) is 15.9. The number of hydrogen-bond donors (Lipinski definition) is 1. The van der Waals surface area contributed by atoms with Gasteiger partial charge in [0.1, 0.15) is 12.7 Å². The standard InChI is InChI=1S/C20H27N5O2/c1-2-16-4-17(27-24-16)10-22-18(26)9-19-5-14-3-15(6-19)8-20(7-14,11-19)25-13-21-12-23-25/h4,12-15H,2-3,5-11H2,1H3,(H,22,26). The maximum atomic E-state index is 12.8. The molecule has 6 rings (SSSR count). The van der Waals surface area contributed by atoms with Gasteiger partial charge in [0.15, 0.2) is 5.76 Å². The van der Waals surface area contributed by atoms with Crippen LogP contribution in [0.3, 0.4) is 0 Å². The lowest BCUT2D eigenvalue weighted by atomic mass is 9.46. The van der Waals surface area contributed by atoms with Gasteiger partial charge < -0.3 is 9.84 Å². The Hall–Kier alpha value is -2.18. The third kappa shape index (κ3) is 2.97. The fraction of sp³-hybridized carbons (Fsp3) is 0.700. The number of aryl methyl sites for hydroxylation is 1. The van der Waals surface area contributed by atoms with Crippen molar-refractivity contribution in [1.29, 1.82) is 0 Å². The van der Waals surface area contributed by atoms with Gasteiger partial charge in [-0.05, 0) is 62.2 Å². The van der Waals surface area contributed by atoms with Crippen LogP contribution in [-0.4, -0.2) is 25.8 Å². The number of nitrogens with one attached hydrogen (secondary N) is 1. The molecule has 0 aromatic carbocycles. The molecular formula is C20H27N5O2. The lowest BCUT2D eigenvalue weighted by Gasteiger charge is -2.61. The molecule has 27 heavy (non-hydrogen) atoms. The van der Waals surface area contributed by atoms with E-state index in [0.717, 1.165) is 24.3 Å². The van der Waals surface area contributed by atoms with Gasteiger partial charge in [-0.25, -0.2) is 9.67 Å². The largest absolute Gasteiger partial charge is 0.359 e. The third-order valence-electron chi connectivity index (χ3n) is 7.02. The molecule has 4 bridgehead atoms. The zero-order valence-electron chi connectivity index (χ0n) is 15.9. The van der Waals surface area contributed by atoms with E-state index >= 15 is 0 Å². The van der Waals surface area contributed by atoms with E-state index in [-0.39, 0.29) is 16.9 Å². The highest BCUT2D eigenvalue weighted by Crippen LogP contribution is 2.65. The number of nitrogens with zero attached hydrogens (tertiary/aromatic N) is 4. The van der Waals surface area contributed by atoms with Crippen molar-refractivity contribution in [2.45, 2.75) is 70.4 Å². The van der Waals surface area contributed by atoms with Crippen LogP contribution < -0.4 is 5.32 Å². The molecule has 4 saturated carbocycles. The number of carbonyl (C=O) groups excluding carboxylic acids is 1. The van der Waals surface area contributed by atoms with Crippen LogP contribution in [0.4, 0.5) is 0 Å². The van der Waals surface area contributed by atoms with Crippen molar-refractivity contribution in [3.8, 4) is 0 Å². The molecule has 2 atom stereocenters. The minimum Gasteiger partial charge on any atom is -0.359 e. The van der Waals surface area contributed by atoms with E-state index in [1.807, 2.05) is 19.3 Å². The van der Waals surface area contributed by atoms with Gasteiger partial charge in [-0.3, -0.25) is 4.79 Å². The van der Waals surface area contributed by atoms with Gasteiger partial charge in [-0.2, -0.15) is 5.10 Å². The Morgan fingerprint density at radius 1 is 1.33 bits per heavy atom. The van der Waals surface area contributed by atoms with Crippen molar-refractivity contribution in [1.82, 2.24) is 25.2 Å². The summed E-state index contributed by atoms with van der Waals surface area (Å²) in [5.74, 6) is 2.28. The van der Waals surface area contributed by atoms with Crippen LogP contribution in [0.25, 0.3) is 0 Å². The van der Waals surface area contributed by atoms with E-state index in [1.165, 1.54) is 32.1 Å². The first-order valence-corrected chi connectivity index (χ1v) is 10.1. The van der Waals surface area contributed by atoms with Crippen LogP contribution in [0.5, 0.6) is 0 Å². The van der Waals surface area contributed by atoms with E-state index in [2.05, 4.69) is 25.2 Å². The fourth-order valence-corrected chi connectivity index (χ4v) is 6.52. The Morgan fingerprint density at radius 3 is 2.81 bits per heavy atom. The summed E-state index contributed by atoms with van der Waals surface area (Å²) >= 11 is 0. The summed E-state index contributed by atoms with van der Waals surface area (Å²) in [4.78, 5) is 17.0. The van der Waals surface area contributed by atoms with Gasteiger partial charge in [0.25, 0.3) is 0 Å². The molecule has 7 nitrogen and oxygen atoms in total. The molecule has 4 aliphatic rings. The first-order chi connectivity index (χ1) is 13.1. The molecule has 4 aliphatic carbocycles. The predicted octanol–water partition coefficient (Wildman–Crippen LogP) is 2.83. The number of amides is 1. The van der Waals surface area contributed by atoms with Crippen LogP contribution in [0.2, 0.25) is 0 Å². The molecule has 144 valence electrons. The van der Waals surface area contributed by atoms with Crippen LogP contribution in [0.1, 0.15) is 63.3 Å². The number of carbonyl (C=O) groups is 1. The van der Waals surface area contributed by atoms with Crippen molar-refractivity contribution in [3.63, 3.8) is 0 Å². The zero-order chi connectivity index (χ0) is 18.5. The van der Waals surface area contributed by atoms with E-state index in [4.69, 9.17) is 4.52 Å². The van der Waals surface area contributed by atoms with Crippen molar-refractivity contribution in [3.05, 3.63) is 30.2 Å². The van der Waals surface area contributed by atoms with E-state index in [1.54, 1.807) is 6.33 Å². The van der Waals surface area contributed by atoms with Crippen molar-refractivity contribution < 1.29 is 9.32 Å². The Bertz CT molecular complexity index is 813. The quantitative estimate of drug-likeness (QED) is 0.846. The summed E-state index contributed by atoms with van der Waals surface area (Å²) < 4.78 is 7.38. The molecule has 0 saturated heterocycles. The number of hydrogen-bond acceptors (Lipinski definition) is 5. The minimum absolute atomic E-state index is 0.0713. The van der Waals surface area contributed by atoms with Crippen LogP contribution >= 0.6 is 0 Å². The molecule has 1 amide bonds. The van der Waals surface area contributed by atoms with Crippen molar-refractivity contribution in [2.75, 3.05) is 0 Å². The average Bonchev–Trinajstić information content (AvgIpc) is 3.30. The number of aromatic nitrogens is 4. The molecule has 4 fully saturated rings. The van der Waals surface area contributed by atoms with Gasteiger partial charge >= 0.3 is 0 Å². The number of rotatable bonds is 6. The summed E-state index contributed by atoms with van der Waals surface area (Å²) in [6.07, 6.45) is 12.0. The van der Waals surface area contributed by atoms with Gasteiger partial charge in [-0.15, -0.1) is 0 Å². The second-order valence-corrected chi connectivity index (χ2v) is 9.12. The highest BCUT2D eigenvalue weighted by Gasteiger charge is 2.59. The molecule has 2 aromatic heterocycles. The van der Waals surface area contributed by atoms with E-state index < -0.39 is 0 Å². The first kappa shape index (κ1) is 17.0. The highest BCUT2D eigenvalue weighted by atomic mass is 16.5. The van der Waals surface area contributed by atoms with Crippen LogP contribution in [0.15, 0.2) is 23.2 Å². The first-order valence-electron chi connectivity index (χ1n) is 10.1. The smallest absolute Gasteiger partial charge is 0.220 e. The van der Waals surface area contributed by atoms with Crippen molar-refractivity contribution in [2.24, 2.45) is 17.3 Å². The van der Waals surface area contributed by atoms with E-state index in [0.29, 0.717) is 24.8 Å².